The van der Waals surface area contributed by atoms with Crippen LogP contribution in [0.15, 0.2) is 0 Å². The van der Waals surface area contributed by atoms with Crippen LogP contribution in [0.25, 0.3) is 0 Å². The summed E-state index contributed by atoms with van der Waals surface area (Å²) < 4.78 is 55.9. The third-order valence-electron chi connectivity index (χ3n) is 2.25. The van der Waals surface area contributed by atoms with E-state index >= 15 is 0 Å². The molecule has 0 radical (unpaired) electrons. The van der Waals surface area contributed by atoms with E-state index in [0.29, 0.717) is 0 Å². The van der Waals surface area contributed by atoms with Crippen LogP contribution in [0, 0.1) is 11.3 Å². The molecule has 0 amide bonds. The van der Waals surface area contributed by atoms with E-state index in [9.17, 15) is 17.4 Å². The van der Waals surface area contributed by atoms with Crippen molar-refractivity contribution in [3.63, 3.8) is 0 Å². The lowest BCUT2D eigenvalue weighted by molar-refractivity contribution is -0.263. The van der Waals surface area contributed by atoms with Crippen LogP contribution in [0.1, 0.15) is 34.6 Å². The number of nitriles is 1. The molecule has 1 unspecified atom stereocenters. The highest BCUT2D eigenvalue weighted by molar-refractivity contribution is 7.84. The Hall–Kier alpha value is -0.650. The number of rotatable bonds is 5. The lowest BCUT2D eigenvalue weighted by Crippen LogP contribution is -2.47. The first kappa shape index (κ1) is 18.4. The van der Waals surface area contributed by atoms with Crippen molar-refractivity contribution >= 4 is 11.0 Å². The zero-order valence-corrected chi connectivity index (χ0v) is 12.4. The minimum atomic E-state index is -4.53. The molecule has 1 N–H and O–H groups in total. The molecule has 0 aromatic heterocycles. The SMILES string of the molecule is CC(C)(C)S(=O)N[C@H](C#N)COC(C)(C)C(F)(F)F. The van der Waals surface area contributed by atoms with Crippen LogP contribution in [-0.2, 0) is 15.7 Å². The first-order valence-electron chi connectivity index (χ1n) is 5.59. The second kappa shape index (κ2) is 6.20. The van der Waals surface area contributed by atoms with Crippen molar-refractivity contribution in [1.82, 2.24) is 4.72 Å². The molecule has 0 aromatic carbocycles. The van der Waals surface area contributed by atoms with Gasteiger partial charge in [-0.15, -0.1) is 0 Å². The molecular weight excluding hydrogens is 281 g/mol. The van der Waals surface area contributed by atoms with Gasteiger partial charge in [0.25, 0.3) is 0 Å². The van der Waals surface area contributed by atoms with E-state index in [1.165, 1.54) is 0 Å². The van der Waals surface area contributed by atoms with Crippen molar-refractivity contribution in [2.45, 2.75) is 57.2 Å². The highest BCUT2D eigenvalue weighted by atomic mass is 32.2. The highest BCUT2D eigenvalue weighted by Gasteiger charge is 2.48. The standard InChI is InChI=1S/C11H19F3N2O2S/c1-9(2,3)19(17)16-8(6-15)7-18-10(4,5)11(12,13)14/h8,16H,7H2,1-5H3/t8-,19?/m1/s1. The number of hydrogen-bond acceptors (Lipinski definition) is 3. The van der Waals surface area contributed by atoms with Gasteiger partial charge in [-0.1, -0.05) is 0 Å². The van der Waals surface area contributed by atoms with Crippen LogP contribution in [0.2, 0.25) is 0 Å². The molecule has 4 nitrogen and oxygen atoms in total. The fourth-order valence-electron chi connectivity index (χ4n) is 0.777. The van der Waals surface area contributed by atoms with Gasteiger partial charge in [0.05, 0.1) is 28.4 Å². The number of hydrogen-bond donors (Lipinski definition) is 1. The molecule has 8 heteroatoms. The molecule has 0 aromatic rings. The molecule has 0 saturated heterocycles. The Balaban J connectivity index is 4.55. The number of nitrogens with one attached hydrogen (secondary N) is 1. The van der Waals surface area contributed by atoms with Gasteiger partial charge in [-0.25, -0.2) is 8.93 Å². The molecule has 0 heterocycles. The summed E-state index contributed by atoms with van der Waals surface area (Å²) in [5.74, 6) is 0. The Morgan fingerprint density at radius 1 is 1.26 bits per heavy atom. The van der Waals surface area contributed by atoms with Crippen LogP contribution in [0.5, 0.6) is 0 Å². The summed E-state index contributed by atoms with van der Waals surface area (Å²) in [7, 11) is -1.55. The van der Waals surface area contributed by atoms with Crippen molar-refractivity contribution in [3.05, 3.63) is 0 Å². The highest BCUT2D eigenvalue weighted by Crippen LogP contribution is 2.32. The molecule has 19 heavy (non-hydrogen) atoms. The van der Waals surface area contributed by atoms with Crippen LogP contribution in [-0.4, -0.2) is 33.4 Å². The monoisotopic (exact) mass is 300 g/mol. The largest absolute Gasteiger partial charge is 0.416 e. The van der Waals surface area contributed by atoms with Gasteiger partial charge in [-0.3, -0.25) is 0 Å². The molecule has 0 spiro atoms. The average Bonchev–Trinajstić information content (AvgIpc) is 2.20. The van der Waals surface area contributed by atoms with E-state index in [1.54, 1.807) is 26.8 Å². The zero-order chi connectivity index (χ0) is 15.5. The summed E-state index contributed by atoms with van der Waals surface area (Å²) >= 11 is 0. The van der Waals surface area contributed by atoms with Gasteiger partial charge in [-0.05, 0) is 34.6 Å². The first-order valence-corrected chi connectivity index (χ1v) is 6.74. The van der Waals surface area contributed by atoms with E-state index < -0.39 is 40.2 Å². The van der Waals surface area contributed by atoms with Gasteiger partial charge >= 0.3 is 6.18 Å². The number of nitrogens with zero attached hydrogens (tertiary/aromatic N) is 1. The van der Waals surface area contributed by atoms with E-state index in [4.69, 9.17) is 10.00 Å². The Bertz CT molecular complexity index is 370. The Kier molecular flexibility index (Phi) is 5.99. The maximum atomic E-state index is 12.6. The maximum absolute atomic E-state index is 12.6. The summed E-state index contributed by atoms with van der Waals surface area (Å²) in [6.07, 6.45) is -4.53. The Labute approximate surface area is 113 Å². The van der Waals surface area contributed by atoms with Gasteiger partial charge in [-0.2, -0.15) is 18.4 Å². The summed E-state index contributed by atoms with van der Waals surface area (Å²) in [5, 5.41) is 8.83. The average molecular weight is 300 g/mol. The fourth-order valence-corrected chi connectivity index (χ4v) is 1.51. The molecular formula is C11H19F3N2O2S. The lowest BCUT2D eigenvalue weighted by Gasteiger charge is -2.29. The van der Waals surface area contributed by atoms with Gasteiger partial charge in [0.1, 0.15) is 6.04 Å². The van der Waals surface area contributed by atoms with Crippen molar-refractivity contribution < 1.29 is 22.1 Å². The molecule has 0 rings (SSSR count). The fraction of sp³-hybridized carbons (Fsp3) is 0.909. The Morgan fingerprint density at radius 2 is 1.74 bits per heavy atom. The second-order valence-corrected chi connectivity index (χ2v) is 7.50. The quantitative estimate of drug-likeness (QED) is 0.847. The van der Waals surface area contributed by atoms with Crippen LogP contribution in [0.3, 0.4) is 0 Å². The molecule has 2 atom stereocenters. The third-order valence-corrected chi connectivity index (χ3v) is 3.87. The topological polar surface area (TPSA) is 62.1 Å². The predicted molar refractivity (Wildman–Crippen MR) is 66.5 cm³/mol. The maximum Gasteiger partial charge on any atom is 0.416 e. The summed E-state index contributed by atoms with van der Waals surface area (Å²) in [4.78, 5) is 0. The van der Waals surface area contributed by atoms with Crippen molar-refractivity contribution in [2.24, 2.45) is 0 Å². The van der Waals surface area contributed by atoms with E-state index in [1.807, 2.05) is 0 Å². The van der Waals surface area contributed by atoms with Crippen molar-refractivity contribution in [1.29, 1.82) is 5.26 Å². The molecule has 0 saturated carbocycles. The summed E-state index contributed by atoms with van der Waals surface area (Å²) in [6.45, 7) is 6.32. The number of halogens is 3. The second-order valence-electron chi connectivity index (χ2n) is 5.50. The summed E-state index contributed by atoms with van der Waals surface area (Å²) in [5.41, 5.74) is -2.35. The molecule has 112 valence electrons. The van der Waals surface area contributed by atoms with E-state index in [0.717, 1.165) is 13.8 Å². The predicted octanol–water partition coefficient (Wildman–Crippen LogP) is 2.29. The van der Waals surface area contributed by atoms with Gasteiger partial charge < -0.3 is 4.74 Å². The lowest BCUT2D eigenvalue weighted by atomic mass is 10.1. The van der Waals surface area contributed by atoms with Crippen LogP contribution in [0.4, 0.5) is 13.2 Å². The summed E-state index contributed by atoms with van der Waals surface area (Å²) in [6, 6.07) is 0.665. The normalized spacial score (nSPS) is 16.8. The molecule has 0 aliphatic rings. The third kappa shape index (κ3) is 5.89. The smallest absolute Gasteiger partial charge is 0.363 e. The van der Waals surface area contributed by atoms with Gasteiger partial charge in [0.15, 0.2) is 5.60 Å². The minimum Gasteiger partial charge on any atom is -0.363 e. The van der Waals surface area contributed by atoms with Crippen LogP contribution < -0.4 is 4.72 Å². The van der Waals surface area contributed by atoms with Crippen molar-refractivity contribution in [2.75, 3.05) is 6.61 Å². The van der Waals surface area contributed by atoms with Crippen molar-refractivity contribution in [3.8, 4) is 6.07 Å². The van der Waals surface area contributed by atoms with E-state index in [-0.39, 0.29) is 0 Å². The number of ether oxygens (including phenoxy) is 1. The minimum absolute atomic E-state index is 0.495. The molecule has 0 fully saturated rings. The molecule has 0 aliphatic heterocycles. The molecule has 0 aliphatic carbocycles. The zero-order valence-electron chi connectivity index (χ0n) is 11.6. The number of alkyl halides is 3. The van der Waals surface area contributed by atoms with Gasteiger partial charge in [0.2, 0.25) is 0 Å². The molecule has 0 bridgehead atoms. The van der Waals surface area contributed by atoms with Crippen LogP contribution >= 0.6 is 0 Å². The van der Waals surface area contributed by atoms with E-state index in [2.05, 4.69) is 4.72 Å². The Morgan fingerprint density at radius 3 is 2.05 bits per heavy atom. The first-order chi connectivity index (χ1) is 8.31. The van der Waals surface area contributed by atoms with Gasteiger partial charge in [0, 0.05) is 0 Å².